The highest BCUT2D eigenvalue weighted by molar-refractivity contribution is 5.79. The van der Waals surface area contributed by atoms with Gasteiger partial charge in [0.05, 0.1) is 13.2 Å². The number of hydrogen-bond acceptors (Lipinski definition) is 2. The van der Waals surface area contributed by atoms with E-state index in [9.17, 15) is 4.79 Å². The van der Waals surface area contributed by atoms with Gasteiger partial charge in [0.25, 0.3) is 0 Å². The van der Waals surface area contributed by atoms with Gasteiger partial charge in [-0.2, -0.15) is 0 Å². The van der Waals surface area contributed by atoms with Crippen molar-refractivity contribution in [3.8, 4) is 5.75 Å². The maximum Gasteiger partial charge on any atom is 0.223 e. The van der Waals surface area contributed by atoms with E-state index in [0.29, 0.717) is 0 Å². The topological polar surface area (TPSA) is 38.3 Å². The van der Waals surface area contributed by atoms with Crippen molar-refractivity contribution in [3.63, 3.8) is 0 Å². The zero-order valence-corrected chi connectivity index (χ0v) is 10.4. The highest BCUT2D eigenvalue weighted by Crippen LogP contribution is 2.29. The minimum Gasteiger partial charge on any atom is -0.496 e. The molecular formula is C14H19NO2. The Balaban J connectivity index is 2.03. The standard InChI is InChI=1S/C14H19NO2/c1-10(15-14(16)11-6-5-7-11)12-8-3-4-9-13(12)17-2/h3-4,8-11H,5-7H2,1-2H3,(H,15,16)/t10-/m1/s1. The molecule has 2 rings (SSSR count). The lowest BCUT2D eigenvalue weighted by atomic mass is 9.84. The maximum absolute atomic E-state index is 11.9. The molecule has 1 saturated carbocycles. The number of rotatable bonds is 4. The number of para-hydroxylation sites is 1. The molecule has 1 aliphatic carbocycles. The minimum atomic E-state index is -0.000694. The van der Waals surface area contributed by atoms with Gasteiger partial charge in [-0.05, 0) is 25.8 Å². The molecule has 0 heterocycles. The van der Waals surface area contributed by atoms with Crippen LogP contribution >= 0.6 is 0 Å². The second-order valence-electron chi connectivity index (χ2n) is 4.60. The van der Waals surface area contributed by atoms with Gasteiger partial charge in [-0.3, -0.25) is 4.79 Å². The predicted octanol–water partition coefficient (Wildman–Crippen LogP) is 2.67. The van der Waals surface area contributed by atoms with E-state index in [-0.39, 0.29) is 17.9 Å². The fourth-order valence-corrected chi connectivity index (χ4v) is 2.10. The van der Waals surface area contributed by atoms with Crippen LogP contribution in [0.2, 0.25) is 0 Å². The van der Waals surface area contributed by atoms with Gasteiger partial charge in [0, 0.05) is 11.5 Å². The summed E-state index contributed by atoms with van der Waals surface area (Å²) in [4.78, 5) is 11.9. The smallest absolute Gasteiger partial charge is 0.223 e. The molecule has 1 amide bonds. The van der Waals surface area contributed by atoms with Crippen LogP contribution in [0.25, 0.3) is 0 Å². The zero-order valence-electron chi connectivity index (χ0n) is 10.4. The Morgan fingerprint density at radius 1 is 1.41 bits per heavy atom. The number of nitrogens with one attached hydrogen (secondary N) is 1. The number of carbonyl (C=O) groups is 1. The lowest BCUT2D eigenvalue weighted by Gasteiger charge is -2.26. The summed E-state index contributed by atoms with van der Waals surface area (Å²) in [6, 6.07) is 7.80. The molecule has 0 bridgehead atoms. The van der Waals surface area contributed by atoms with E-state index in [2.05, 4.69) is 5.32 Å². The maximum atomic E-state index is 11.9. The average Bonchev–Trinajstić information content (AvgIpc) is 2.26. The molecule has 0 spiro atoms. The highest BCUT2D eigenvalue weighted by atomic mass is 16.5. The summed E-state index contributed by atoms with van der Waals surface area (Å²) in [5.74, 6) is 1.23. The summed E-state index contributed by atoms with van der Waals surface area (Å²) in [7, 11) is 1.65. The van der Waals surface area contributed by atoms with E-state index in [1.165, 1.54) is 6.42 Å². The minimum absolute atomic E-state index is 0.000694. The molecule has 3 nitrogen and oxygen atoms in total. The lowest BCUT2D eigenvalue weighted by Crippen LogP contribution is -2.36. The average molecular weight is 233 g/mol. The van der Waals surface area contributed by atoms with E-state index < -0.39 is 0 Å². The second kappa shape index (κ2) is 5.21. The van der Waals surface area contributed by atoms with Crippen LogP contribution in [0.15, 0.2) is 24.3 Å². The first-order valence-corrected chi connectivity index (χ1v) is 6.15. The van der Waals surface area contributed by atoms with Gasteiger partial charge >= 0.3 is 0 Å². The molecule has 17 heavy (non-hydrogen) atoms. The van der Waals surface area contributed by atoms with E-state index in [1.54, 1.807) is 7.11 Å². The van der Waals surface area contributed by atoms with Crippen molar-refractivity contribution in [3.05, 3.63) is 29.8 Å². The molecule has 1 N–H and O–H groups in total. The molecule has 0 saturated heterocycles. The third kappa shape index (κ3) is 2.60. The van der Waals surface area contributed by atoms with Crippen molar-refractivity contribution < 1.29 is 9.53 Å². The molecule has 1 fully saturated rings. The summed E-state index contributed by atoms with van der Waals surface area (Å²) < 4.78 is 5.30. The normalized spacial score (nSPS) is 17.1. The number of benzene rings is 1. The SMILES string of the molecule is COc1ccccc1[C@@H](C)NC(=O)C1CCC1. The Morgan fingerprint density at radius 2 is 2.12 bits per heavy atom. The number of methoxy groups -OCH3 is 1. The van der Waals surface area contributed by atoms with Crippen LogP contribution in [0.4, 0.5) is 0 Å². The van der Waals surface area contributed by atoms with Gasteiger partial charge in [0.2, 0.25) is 5.91 Å². The van der Waals surface area contributed by atoms with E-state index in [0.717, 1.165) is 24.2 Å². The molecule has 0 aromatic heterocycles. The molecule has 1 aliphatic rings. The van der Waals surface area contributed by atoms with Gasteiger partial charge in [0.1, 0.15) is 5.75 Å². The monoisotopic (exact) mass is 233 g/mol. The Bertz CT molecular complexity index is 399. The first-order chi connectivity index (χ1) is 8.22. The zero-order chi connectivity index (χ0) is 12.3. The number of ether oxygens (including phenoxy) is 1. The van der Waals surface area contributed by atoms with Crippen molar-refractivity contribution in [1.29, 1.82) is 0 Å². The van der Waals surface area contributed by atoms with Crippen LogP contribution in [0.1, 0.15) is 37.8 Å². The Labute approximate surface area is 102 Å². The highest BCUT2D eigenvalue weighted by Gasteiger charge is 2.26. The summed E-state index contributed by atoms with van der Waals surface area (Å²) in [6.07, 6.45) is 3.25. The predicted molar refractivity (Wildman–Crippen MR) is 66.9 cm³/mol. The van der Waals surface area contributed by atoms with Gasteiger partial charge in [-0.15, -0.1) is 0 Å². The molecule has 0 radical (unpaired) electrons. The molecule has 0 unspecified atom stereocenters. The summed E-state index contributed by atoms with van der Waals surface area (Å²) in [5.41, 5.74) is 1.03. The number of amides is 1. The Morgan fingerprint density at radius 3 is 2.71 bits per heavy atom. The largest absolute Gasteiger partial charge is 0.496 e. The van der Waals surface area contributed by atoms with Crippen LogP contribution in [0.3, 0.4) is 0 Å². The summed E-state index contributed by atoms with van der Waals surface area (Å²) in [6.45, 7) is 1.99. The van der Waals surface area contributed by atoms with Crippen molar-refractivity contribution >= 4 is 5.91 Å². The van der Waals surface area contributed by atoms with Gasteiger partial charge < -0.3 is 10.1 Å². The first kappa shape index (κ1) is 12.0. The molecular weight excluding hydrogens is 214 g/mol. The molecule has 3 heteroatoms. The van der Waals surface area contributed by atoms with E-state index in [4.69, 9.17) is 4.74 Å². The van der Waals surface area contributed by atoms with Crippen molar-refractivity contribution in [1.82, 2.24) is 5.32 Å². The van der Waals surface area contributed by atoms with Crippen molar-refractivity contribution in [2.75, 3.05) is 7.11 Å². The molecule has 1 aromatic rings. The molecule has 1 atom stereocenters. The van der Waals surface area contributed by atoms with Gasteiger partial charge in [0.15, 0.2) is 0 Å². The first-order valence-electron chi connectivity index (χ1n) is 6.15. The third-order valence-electron chi connectivity index (χ3n) is 3.44. The fraction of sp³-hybridized carbons (Fsp3) is 0.500. The van der Waals surface area contributed by atoms with Crippen LogP contribution in [-0.2, 0) is 4.79 Å². The fourth-order valence-electron chi connectivity index (χ4n) is 2.10. The van der Waals surface area contributed by atoms with Gasteiger partial charge in [-0.25, -0.2) is 0 Å². The molecule has 92 valence electrons. The Kier molecular flexibility index (Phi) is 3.67. The van der Waals surface area contributed by atoms with Crippen LogP contribution in [0.5, 0.6) is 5.75 Å². The number of carbonyl (C=O) groups excluding carboxylic acids is 1. The van der Waals surface area contributed by atoms with Crippen LogP contribution < -0.4 is 10.1 Å². The third-order valence-corrected chi connectivity index (χ3v) is 3.44. The Hall–Kier alpha value is -1.51. The van der Waals surface area contributed by atoms with E-state index >= 15 is 0 Å². The summed E-state index contributed by atoms with van der Waals surface area (Å²) in [5, 5.41) is 3.05. The van der Waals surface area contributed by atoms with Gasteiger partial charge in [-0.1, -0.05) is 24.6 Å². The quantitative estimate of drug-likeness (QED) is 0.868. The van der Waals surface area contributed by atoms with Crippen LogP contribution in [-0.4, -0.2) is 13.0 Å². The molecule has 1 aromatic carbocycles. The molecule has 0 aliphatic heterocycles. The van der Waals surface area contributed by atoms with Crippen molar-refractivity contribution in [2.45, 2.75) is 32.2 Å². The lowest BCUT2D eigenvalue weighted by molar-refractivity contribution is -0.128. The number of hydrogen-bond donors (Lipinski definition) is 1. The summed E-state index contributed by atoms with van der Waals surface area (Å²) >= 11 is 0. The van der Waals surface area contributed by atoms with E-state index in [1.807, 2.05) is 31.2 Å². The van der Waals surface area contributed by atoms with Crippen molar-refractivity contribution in [2.24, 2.45) is 5.92 Å². The van der Waals surface area contributed by atoms with Crippen LogP contribution in [0, 0.1) is 5.92 Å². The second-order valence-corrected chi connectivity index (χ2v) is 4.60.